The van der Waals surface area contributed by atoms with Crippen LogP contribution in [-0.2, 0) is 30.1 Å². The molecule has 3 unspecified atom stereocenters. The summed E-state index contributed by atoms with van der Waals surface area (Å²) in [6.45, 7) is 22.7. The molecule has 10 aliphatic rings. The Balaban J connectivity index is 0.000000131. The average Bonchev–Trinajstić information content (AvgIpc) is 1.65. The summed E-state index contributed by atoms with van der Waals surface area (Å²) in [5, 5.41) is 22.7. The van der Waals surface area contributed by atoms with Gasteiger partial charge in [-0.1, -0.05) is 32.9 Å². The molecule has 0 spiro atoms. The highest BCUT2D eigenvalue weighted by molar-refractivity contribution is 8.05. The first-order chi connectivity index (χ1) is 55.6. The maximum absolute atomic E-state index is 13.4. The van der Waals surface area contributed by atoms with Crippen molar-refractivity contribution in [2.24, 2.45) is 21.2 Å². The van der Waals surface area contributed by atoms with Crippen molar-refractivity contribution >= 4 is 81.9 Å². The van der Waals surface area contributed by atoms with Crippen LogP contribution in [0.2, 0.25) is 0 Å². The van der Waals surface area contributed by atoms with E-state index in [-0.39, 0.29) is 66.5 Å². The fraction of sp³-hybridized carbons (Fsp3) is 0.481. The van der Waals surface area contributed by atoms with Crippen molar-refractivity contribution in [1.82, 2.24) is 73.7 Å². The molecule has 6 bridgehead atoms. The zero-order valence-electron chi connectivity index (χ0n) is 67.0. The zero-order valence-corrected chi connectivity index (χ0v) is 69.4. The van der Waals surface area contributed by atoms with E-state index in [2.05, 4.69) is 143 Å². The van der Waals surface area contributed by atoms with Crippen molar-refractivity contribution < 1.29 is 53.8 Å². The third-order valence-corrected chi connectivity index (χ3v) is 27.8. The van der Waals surface area contributed by atoms with E-state index in [0.29, 0.717) is 126 Å². The minimum absolute atomic E-state index is 0.00362. The largest absolute Gasteiger partial charge is 0.477 e. The molecule has 3 aliphatic carbocycles. The van der Waals surface area contributed by atoms with Gasteiger partial charge >= 0.3 is 10.0 Å². The minimum atomic E-state index is -4.22. The van der Waals surface area contributed by atoms with Gasteiger partial charge in [0.15, 0.2) is 33.6 Å². The van der Waals surface area contributed by atoms with Crippen molar-refractivity contribution in [1.29, 1.82) is 0 Å². The quantitative estimate of drug-likeness (QED) is 0.0520. The summed E-state index contributed by atoms with van der Waals surface area (Å²) < 4.78 is 107. The number of carbonyl (C=O) groups excluding carboxylic acids is 3. The van der Waals surface area contributed by atoms with Crippen LogP contribution in [0.15, 0.2) is 143 Å². The third kappa shape index (κ3) is 17.4. The highest BCUT2D eigenvalue weighted by atomic mass is 32.2. The Kier molecular flexibility index (Phi) is 20.7. The first kappa shape index (κ1) is 79.7. The number of rotatable bonds is 15. The molecule has 8 aromatic heterocycles. The molecule has 0 radical (unpaired) electrons. The Bertz CT molecular complexity index is 5440. The summed E-state index contributed by atoms with van der Waals surface area (Å²) in [5.74, 6) is 3.11. The number of nitrogens with zero attached hydrogens (tertiary/aromatic N) is 15. The van der Waals surface area contributed by atoms with Crippen molar-refractivity contribution in [2.45, 2.75) is 203 Å². The van der Waals surface area contributed by atoms with Gasteiger partial charge in [0, 0.05) is 91.2 Å². The van der Waals surface area contributed by atoms with Gasteiger partial charge in [-0.2, -0.15) is 30.2 Å². The van der Waals surface area contributed by atoms with Crippen LogP contribution in [0.1, 0.15) is 190 Å². The second-order valence-corrected chi connectivity index (χ2v) is 39.6. The van der Waals surface area contributed by atoms with Crippen LogP contribution in [0.5, 0.6) is 17.6 Å². The van der Waals surface area contributed by atoms with E-state index in [1.807, 2.05) is 0 Å². The molecule has 15 heterocycles. The molecular formula is C81H98N21O12S3+. The van der Waals surface area contributed by atoms with Gasteiger partial charge in [0.2, 0.25) is 17.6 Å². The standard InChI is InChI=1S/2C27H33N7O4S.C27H31N7O4S/c3*1-26(2)11-9-18-17-28-20-5-4-6-23(29-20)39(36,37)32-25(35)19-7-8-21(30-24(19)34(18)26)33-15-10-22(31-33)38-16-14-27(3)12-13-27/h2*4-8,10,15,18H,9,11-14,16-17H2,1-3H3,(H,28,29)(H,32,35);4,6-8,10,15,18H,9,11-14,16-17H2,1-3H3,(H-,28,29,32,35)/p+1. The van der Waals surface area contributed by atoms with E-state index in [0.717, 1.165) is 57.8 Å². The number of hydrogen-bond donors (Lipinski definition) is 6. The van der Waals surface area contributed by atoms with E-state index < -0.39 is 47.8 Å². The van der Waals surface area contributed by atoms with Crippen LogP contribution in [0.3, 0.4) is 0 Å². The number of pyridine rings is 5. The van der Waals surface area contributed by atoms with E-state index in [1.165, 1.54) is 62.8 Å². The fourth-order valence-corrected chi connectivity index (χ4v) is 18.7. The summed E-state index contributed by atoms with van der Waals surface area (Å²) in [6.07, 6.45) is 26.6. The normalized spacial score (nSPS) is 22.9. The van der Waals surface area contributed by atoms with Crippen LogP contribution in [0, 0.1) is 22.3 Å². The molecule has 117 heavy (non-hydrogen) atoms. The van der Waals surface area contributed by atoms with Gasteiger partial charge in [0.25, 0.3) is 48.6 Å². The number of amides is 3. The number of nitrogens with one attached hydrogen (secondary N) is 6. The van der Waals surface area contributed by atoms with Gasteiger partial charge in [0.05, 0.1) is 36.5 Å². The van der Waals surface area contributed by atoms with Crippen LogP contribution >= 0.6 is 0 Å². The third-order valence-electron chi connectivity index (χ3n) is 24.1. The van der Waals surface area contributed by atoms with Crippen LogP contribution in [0.25, 0.3) is 17.5 Å². The smallest absolute Gasteiger partial charge is 0.301 e. The van der Waals surface area contributed by atoms with E-state index in [4.69, 9.17) is 29.2 Å². The lowest BCUT2D eigenvalue weighted by molar-refractivity contribution is 0.0972. The SMILES string of the molecule is CC1(CCOc2ccn(-c3ccc4c(n3)N3C(CCC3(C)C)CNC3=[C+]C=CC(=N3)S(=O)(=O)NC4=O)n2)CC1.CC1(CCOc2ccn(-c3ccc4c(n3)N3C(CCC3(C)C)CNc3cccc(n3)S(=O)(=O)NC4=O)n2)CC1.CC1(CCOc2ccn(-c3ccc4c(n3)N3C(CCC3(C)C)CNc3cccc(n3)S(=O)(=O)NC4=O)n2)CC1. The summed E-state index contributed by atoms with van der Waals surface area (Å²) in [7, 11) is -12.6. The Morgan fingerprint density at radius 1 is 0.419 bits per heavy atom. The second-order valence-electron chi connectivity index (χ2n) is 34.7. The number of carbonyl (C=O) groups is 3. The molecule has 6 N–H and O–H groups in total. The lowest BCUT2D eigenvalue weighted by Gasteiger charge is -2.38. The topological polar surface area (TPSA) is 393 Å². The number of anilines is 5. The van der Waals surface area contributed by atoms with E-state index in [1.54, 1.807) is 111 Å². The Hall–Kier alpha value is -11.1. The molecule has 36 heteroatoms. The summed E-state index contributed by atoms with van der Waals surface area (Å²) in [6, 6.07) is 24.5. The monoisotopic (exact) mass is 1650 g/mol. The molecule has 8 aromatic rings. The molecule has 616 valence electrons. The molecule has 3 saturated carbocycles. The van der Waals surface area contributed by atoms with Crippen molar-refractivity contribution in [3.05, 3.63) is 150 Å². The summed E-state index contributed by atoms with van der Waals surface area (Å²) in [5.41, 5.74) is 0.683. The number of hydrogen-bond acceptors (Lipinski definition) is 27. The number of fused-ring (bicyclic) bond motifs is 14. The fourth-order valence-electron chi connectivity index (χ4n) is 15.9. The molecule has 3 amide bonds. The first-order valence-corrected chi connectivity index (χ1v) is 44.3. The van der Waals surface area contributed by atoms with Crippen molar-refractivity contribution in [3.8, 4) is 35.1 Å². The molecule has 0 aromatic carbocycles. The number of aliphatic imine (C=N–C) groups is 1. The van der Waals surface area contributed by atoms with Gasteiger partial charge in [-0.05, 0) is 215 Å². The average molecular weight is 1650 g/mol. The van der Waals surface area contributed by atoms with Gasteiger partial charge in [-0.3, -0.25) is 14.4 Å². The highest BCUT2D eigenvalue weighted by Gasteiger charge is 2.47. The van der Waals surface area contributed by atoms with Gasteiger partial charge in [-0.25, -0.2) is 53.1 Å². The van der Waals surface area contributed by atoms with E-state index in [9.17, 15) is 39.6 Å². The molecule has 3 atom stereocenters. The minimum Gasteiger partial charge on any atom is -0.477 e. The van der Waals surface area contributed by atoms with Gasteiger partial charge < -0.3 is 44.9 Å². The first-order valence-electron chi connectivity index (χ1n) is 39.8. The summed E-state index contributed by atoms with van der Waals surface area (Å²) in [4.78, 5) is 73.9. The number of allylic oxidation sites excluding steroid dienone is 2. The second kappa shape index (κ2) is 30.4. The Labute approximate surface area is 680 Å². The molecule has 33 nitrogen and oxygen atoms in total. The van der Waals surface area contributed by atoms with Crippen LogP contribution in [-0.4, -0.2) is 176 Å². The zero-order chi connectivity index (χ0) is 82.2. The maximum atomic E-state index is 13.4. The summed E-state index contributed by atoms with van der Waals surface area (Å²) >= 11 is 0. The highest BCUT2D eigenvalue weighted by Crippen LogP contribution is 2.50. The molecule has 7 aliphatic heterocycles. The molecular weight excluding hydrogens is 1560 g/mol. The van der Waals surface area contributed by atoms with Gasteiger partial charge in [-0.15, -0.1) is 15.3 Å². The molecule has 3 saturated heterocycles. The predicted molar refractivity (Wildman–Crippen MR) is 438 cm³/mol. The number of ether oxygens (including phenoxy) is 3. The maximum Gasteiger partial charge on any atom is 0.301 e. The van der Waals surface area contributed by atoms with E-state index >= 15 is 0 Å². The van der Waals surface area contributed by atoms with Gasteiger partial charge in [0.1, 0.15) is 41.2 Å². The predicted octanol–water partition coefficient (Wildman–Crippen LogP) is 9.91. The number of aromatic nitrogens is 11. The van der Waals surface area contributed by atoms with Crippen molar-refractivity contribution in [2.75, 3.05) is 64.8 Å². The molecule has 18 rings (SSSR count). The van der Waals surface area contributed by atoms with Crippen LogP contribution in [0.4, 0.5) is 29.1 Å². The Morgan fingerprint density at radius 3 is 1.11 bits per heavy atom. The lowest BCUT2D eigenvalue weighted by Crippen LogP contribution is -2.49. The number of sulfonamides is 3. The van der Waals surface area contributed by atoms with Crippen molar-refractivity contribution in [3.63, 3.8) is 0 Å². The Morgan fingerprint density at radius 2 is 0.761 bits per heavy atom. The van der Waals surface area contributed by atoms with Crippen LogP contribution < -0.4 is 59.0 Å². The lowest BCUT2D eigenvalue weighted by atomic mass is 10.0. The molecule has 6 fully saturated rings.